The van der Waals surface area contributed by atoms with Crippen LogP contribution in [0.1, 0.15) is 62.4 Å². The van der Waals surface area contributed by atoms with E-state index in [-0.39, 0.29) is 30.2 Å². The van der Waals surface area contributed by atoms with E-state index in [4.69, 9.17) is 0 Å². The van der Waals surface area contributed by atoms with Crippen LogP contribution in [0.4, 0.5) is 11.5 Å². The number of benzene rings is 1. The first-order chi connectivity index (χ1) is 14.3. The van der Waals surface area contributed by atoms with Gasteiger partial charge in [-0.3, -0.25) is 9.59 Å². The van der Waals surface area contributed by atoms with Crippen LogP contribution in [0.3, 0.4) is 0 Å². The van der Waals surface area contributed by atoms with Gasteiger partial charge in [0.15, 0.2) is 5.82 Å². The summed E-state index contributed by atoms with van der Waals surface area (Å²) in [4.78, 5) is 31.5. The molecule has 0 radical (unpaired) electrons. The molecule has 30 heavy (non-hydrogen) atoms. The second-order valence-electron chi connectivity index (χ2n) is 8.80. The zero-order valence-electron chi connectivity index (χ0n) is 18.2. The van der Waals surface area contributed by atoms with Gasteiger partial charge >= 0.3 is 0 Å². The van der Waals surface area contributed by atoms with Gasteiger partial charge in [0, 0.05) is 37.8 Å². The number of carbonyl (C=O) groups excluding carboxylic acids is 2. The molecule has 0 atom stereocenters. The fourth-order valence-corrected chi connectivity index (χ4v) is 3.58. The SMILES string of the molecule is CC(C)(C)c1ccc(C(=O)NCCC(=O)Nc2cccnc2N2CCCCC2)cc1. The summed E-state index contributed by atoms with van der Waals surface area (Å²) in [6.45, 7) is 8.62. The first kappa shape index (κ1) is 21.8. The zero-order valence-corrected chi connectivity index (χ0v) is 18.2. The average molecular weight is 409 g/mol. The second-order valence-corrected chi connectivity index (χ2v) is 8.80. The molecule has 0 spiro atoms. The molecule has 1 aromatic carbocycles. The first-order valence-electron chi connectivity index (χ1n) is 10.7. The number of rotatable bonds is 6. The van der Waals surface area contributed by atoms with E-state index >= 15 is 0 Å². The van der Waals surface area contributed by atoms with Gasteiger partial charge in [-0.1, -0.05) is 32.9 Å². The minimum Gasteiger partial charge on any atom is -0.355 e. The molecule has 2 aromatic rings. The number of anilines is 2. The van der Waals surface area contributed by atoms with Crippen LogP contribution < -0.4 is 15.5 Å². The summed E-state index contributed by atoms with van der Waals surface area (Å²) in [5, 5.41) is 5.78. The van der Waals surface area contributed by atoms with Crippen molar-refractivity contribution in [3.63, 3.8) is 0 Å². The van der Waals surface area contributed by atoms with Gasteiger partial charge in [0.25, 0.3) is 5.91 Å². The molecule has 1 fully saturated rings. The highest BCUT2D eigenvalue weighted by atomic mass is 16.2. The Balaban J connectivity index is 1.50. The number of carbonyl (C=O) groups is 2. The van der Waals surface area contributed by atoms with E-state index in [0.29, 0.717) is 5.56 Å². The highest BCUT2D eigenvalue weighted by molar-refractivity contribution is 5.96. The topological polar surface area (TPSA) is 74.3 Å². The predicted molar refractivity (Wildman–Crippen MR) is 121 cm³/mol. The normalized spacial score (nSPS) is 14.3. The number of aromatic nitrogens is 1. The van der Waals surface area contributed by atoms with E-state index in [0.717, 1.165) is 37.4 Å². The lowest BCUT2D eigenvalue weighted by Crippen LogP contribution is -2.31. The molecule has 1 saturated heterocycles. The van der Waals surface area contributed by atoms with Crippen LogP contribution in [0.25, 0.3) is 0 Å². The smallest absolute Gasteiger partial charge is 0.251 e. The molecule has 160 valence electrons. The minimum atomic E-state index is -0.168. The Kier molecular flexibility index (Phi) is 7.08. The first-order valence-corrected chi connectivity index (χ1v) is 10.7. The standard InChI is InChI=1S/C24H32N4O2/c1-24(2,3)19-11-9-18(10-12-19)23(30)26-15-13-21(29)27-20-8-7-14-25-22(20)28-16-5-4-6-17-28/h7-12,14H,4-6,13,15-17H2,1-3H3,(H,26,30)(H,27,29). The van der Waals surface area contributed by atoms with Gasteiger partial charge in [-0.15, -0.1) is 0 Å². The third-order valence-electron chi connectivity index (χ3n) is 5.37. The van der Waals surface area contributed by atoms with Crippen molar-refractivity contribution in [1.82, 2.24) is 10.3 Å². The third-order valence-corrected chi connectivity index (χ3v) is 5.37. The Morgan fingerprint density at radius 1 is 1.03 bits per heavy atom. The van der Waals surface area contributed by atoms with Crippen molar-refractivity contribution >= 4 is 23.3 Å². The molecular weight excluding hydrogens is 376 g/mol. The van der Waals surface area contributed by atoms with Gasteiger partial charge in [-0.25, -0.2) is 4.98 Å². The number of pyridine rings is 1. The number of hydrogen-bond acceptors (Lipinski definition) is 4. The molecule has 1 aromatic heterocycles. The average Bonchev–Trinajstić information content (AvgIpc) is 2.74. The van der Waals surface area contributed by atoms with E-state index in [9.17, 15) is 9.59 Å². The summed E-state index contributed by atoms with van der Waals surface area (Å²) < 4.78 is 0. The lowest BCUT2D eigenvalue weighted by atomic mass is 9.87. The number of piperidine rings is 1. The highest BCUT2D eigenvalue weighted by Gasteiger charge is 2.17. The summed E-state index contributed by atoms with van der Waals surface area (Å²) in [6, 6.07) is 11.3. The Hall–Kier alpha value is -2.89. The van der Waals surface area contributed by atoms with E-state index < -0.39 is 0 Å². The highest BCUT2D eigenvalue weighted by Crippen LogP contribution is 2.26. The van der Waals surface area contributed by atoms with Crippen LogP contribution >= 0.6 is 0 Å². The van der Waals surface area contributed by atoms with Crippen LogP contribution in [0.5, 0.6) is 0 Å². The zero-order chi connectivity index (χ0) is 21.6. The van der Waals surface area contributed by atoms with E-state index in [1.54, 1.807) is 6.20 Å². The Morgan fingerprint density at radius 3 is 2.40 bits per heavy atom. The maximum Gasteiger partial charge on any atom is 0.251 e. The molecule has 6 heteroatoms. The third kappa shape index (κ3) is 5.81. The molecule has 1 aliphatic heterocycles. The molecular formula is C24H32N4O2. The molecule has 2 amide bonds. The Labute approximate surface area is 179 Å². The lowest BCUT2D eigenvalue weighted by molar-refractivity contribution is -0.116. The molecule has 0 unspecified atom stereocenters. The largest absolute Gasteiger partial charge is 0.355 e. The monoisotopic (exact) mass is 408 g/mol. The van der Waals surface area contributed by atoms with Crippen molar-refractivity contribution < 1.29 is 9.59 Å². The molecule has 6 nitrogen and oxygen atoms in total. The molecule has 0 aliphatic carbocycles. The lowest BCUT2D eigenvalue weighted by Gasteiger charge is -2.29. The molecule has 2 N–H and O–H groups in total. The Morgan fingerprint density at radius 2 is 1.73 bits per heavy atom. The number of nitrogens with zero attached hydrogens (tertiary/aromatic N) is 2. The number of hydrogen-bond donors (Lipinski definition) is 2. The van der Waals surface area contributed by atoms with Crippen molar-refractivity contribution in [1.29, 1.82) is 0 Å². The van der Waals surface area contributed by atoms with Crippen molar-refractivity contribution in [2.75, 3.05) is 29.9 Å². The number of nitrogens with one attached hydrogen (secondary N) is 2. The molecule has 2 heterocycles. The quantitative estimate of drug-likeness (QED) is 0.754. The summed E-state index contributed by atoms with van der Waals surface area (Å²) in [6.07, 6.45) is 5.49. The second kappa shape index (κ2) is 9.74. The molecule has 0 saturated carbocycles. The van der Waals surface area contributed by atoms with Gasteiger partial charge in [-0.2, -0.15) is 0 Å². The Bertz CT molecular complexity index is 866. The van der Waals surface area contributed by atoms with Gasteiger partial charge < -0.3 is 15.5 Å². The maximum atomic E-state index is 12.4. The minimum absolute atomic E-state index is 0.0481. The molecule has 1 aliphatic rings. The fraction of sp³-hybridized carbons (Fsp3) is 0.458. The summed E-state index contributed by atoms with van der Waals surface area (Å²) in [5.41, 5.74) is 2.56. The van der Waals surface area contributed by atoms with Crippen molar-refractivity contribution in [2.45, 2.75) is 51.9 Å². The van der Waals surface area contributed by atoms with Crippen molar-refractivity contribution in [2.24, 2.45) is 0 Å². The number of amides is 2. The van der Waals surface area contributed by atoms with Crippen LogP contribution in [-0.4, -0.2) is 36.4 Å². The van der Waals surface area contributed by atoms with Gasteiger partial charge in [0.1, 0.15) is 0 Å². The predicted octanol–water partition coefficient (Wildman–Crippen LogP) is 4.13. The van der Waals surface area contributed by atoms with Crippen molar-refractivity contribution in [3.8, 4) is 0 Å². The van der Waals surface area contributed by atoms with E-state index in [2.05, 4.69) is 41.3 Å². The summed E-state index contributed by atoms with van der Waals surface area (Å²) >= 11 is 0. The van der Waals surface area contributed by atoms with Gasteiger partial charge in [0.2, 0.25) is 5.91 Å². The van der Waals surface area contributed by atoms with Gasteiger partial charge in [-0.05, 0) is 54.5 Å². The summed E-state index contributed by atoms with van der Waals surface area (Å²) in [5.74, 6) is 0.525. The van der Waals surface area contributed by atoms with Crippen LogP contribution in [0.15, 0.2) is 42.6 Å². The fourth-order valence-electron chi connectivity index (χ4n) is 3.58. The molecule has 3 rings (SSSR count). The maximum absolute atomic E-state index is 12.4. The van der Waals surface area contributed by atoms with Crippen molar-refractivity contribution in [3.05, 3.63) is 53.7 Å². The molecule has 0 bridgehead atoms. The van der Waals surface area contributed by atoms with Crippen LogP contribution in [-0.2, 0) is 10.2 Å². The van der Waals surface area contributed by atoms with Gasteiger partial charge in [0.05, 0.1) is 5.69 Å². The van der Waals surface area contributed by atoms with Crippen LogP contribution in [0, 0.1) is 0 Å². The van der Waals surface area contributed by atoms with E-state index in [1.165, 1.54) is 12.0 Å². The summed E-state index contributed by atoms with van der Waals surface area (Å²) in [7, 11) is 0. The van der Waals surface area contributed by atoms with Crippen LogP contribution in [0.2, 0.25) is 0 Å². The van der Waals surface area contributed by atoms with E-state index in [1.807, 2.05) is 36.4 Å².